The van der Waals surface area contributed by atoms with E-state index >= 15 is 0 Å². The molecule has 1 aromatic carbocycles. The maximum Gasteiger partial charge on any atom is 0.124 e. The molecule has 0 spiro atoms. The third-order valence-corrected chi connectivity index (χ3v) is 4.20. The number of hydrogen-bond acceptors (Lipinski definition) is 4. The van der Waals surface area contributed by atoms with Crippen LogP contribution in [0.2, 0.25) is 0 Å². The van der Waals surface area contributed by atoms with E-state index in [9.17, 15) is 5.11 Å². The first-order valence-corrected chi connectivity index (χ1v) is 8.01. The van der Waals surface area contributed by atoms with E-state index in [2.05, 4.69) is 24.0 Å². The maximum atomic E-state index is 9.26. The Kier molecular flexibility index (Phi) is 4.36. The van der Waals surface area contributed by atoms with Crippen molar-refractivity contribution < 1.29 is 14.6 Å². The normalized spacial score (nSPS) is 20.5. The van der Waals surface area contributed by atoms with Gasteiger partial charge in [-0.3, -0.25) is 4.90 Å². The lowest BCUT2D eigenvalue weighted by atomic mass is 10.1. The average Bonchev–Trinajstić information content (AvgIpc) is 3.22. The minimum atomic E-state index is 0.207. The van der Waals surface area contributed by atoms with Gasteiger partial charge in [-0.15, -0.1) is 0 Å². The molecular weight excluding hydrogens is 266 g/mol. The van der Waals surface area contributed by atoms with Crippen molar-refractivity contribution in [2.75, 3.05) is 19.8 Å². The molecule has 1 aliphatic carbocycles. The van der Waals surface area contributed by atoms with Crippen LogP contribution in [0.1, 0.15) is 37.8 Å². The van der Waals surface area contributed by atoms with Gasteiger partial charge in [0.1, 0.15) is 17.6 Å². The van der Waals surface area contributed by atoms with E-state index in [1.165, 1.54) is 24.0 Å². The summed E-state index contributed by atoms with van der Waals surface area (Å²) in [5.41, 5.74) is 2.42. The van der Waals surface area contributed by atoms with Crippen molar-refractivity contribution in [3.05, 3.63) is 23.3 Å². The summed E-state index contributed by atoms with van der Waals surface area (Å²) in [4.78, 5) is 2.35. The number of benzene rings is 1. The van der Waals surface area contributed by atoms with Gasteiger partial charge in [0.2, 0.25) is 0 Å². The first-order chi connectivity index (χ1) is 10.2. The van der Waals surface area contributed by atoms with Crippen molar-refractivity contribution in [1.29, 1.82) is 0 Å². The molecule has 1 aliphatic heterocycles. The van der Waals surface area contributed by atoms with E-state index in [4.69, 9.17) is 9.47 Å². The van der Waals surface area contributed by atoms with Crippen molar-refractivity contribution in [1.82, 2.24) is 4.90 Å². The van der Waals surface area contributed by atoms with Gasteiger partial charge in [-0.2, -0.15) is 0 Å². The highest BCUT2D eigenvalue weighted by Crippen LogP contribution is 2.37. The Hall–Kier alpha value is -1.26. The monoisotopic (exact) mass is 291 g/mol. The number of ether oxygens (including phenoxy) is 2. The number of fused-ring (bicyclic) bond motifs is 1. The standard InChI is InChI=1S/C17H25NO3/c1-3-20-16-9-13-8-12(2)21-17(13)10-14(16)11-18(6-7-19)15-4-5-15/h9-10,12,15,19H,3-8,11H2,1-2H3. The summed E-state index contributed by atoms with van der Waals surface area (Å²) in [5, 5.41) is 9.26. The first kappa shape index (κ1) is 14.7. The molecule has 116 valence electrons. The SMILES string of the molecule is CCOc1cc2c(cc1CN(CCO)C1CC1)OC(C)C2. The quantitative estimate of drug-likeness (QED) is 0.837. The maximum absolute atomic E-state index is 9.26. The van der Waals surface area contributed by atoms with Gasteiger partial charge in [-0.1, -0.05) is 0 Å². The number of aliphatic hydroxyl groups excluding tert-OH is 1. The van der Waals surface area contributed by atoms with Crippen LogP contribution in [-0.4, -0.2) is 41.9 Å². The Morgan fingerprint density at radius 3 is 2.86 bits per heavy atom. The fraction of sp³-hybridized carbons (Fsp3) is 0.647. The summed E-state index contributed by atoms with van der Waals surface area (Å²) in [6.45, 7) is 6.55. The van der Waals surface area contributed by atoms with Crippen LogP contribution in [0.15, 0.2) is 12.1 Å². The summed E-state index contributed by atoms with van der Waals surface area (Å²) in [6, 6.07) is 4.90. The topological polar surface area (TPSA) is 41.9 Å². The Bertz CT molecular complexity index is 499. The van der Waals surface area contributed by atoms with E-state index in [-0.39, 0.29) is 12.7 Å². The molecule has 0 amide bonds. The van der Waals surface area contributed by atoms with E-state index in [0.717, 1.165) is 31.0 Å². The summed E-state index contributed by atoms with van der Waals surface area (Å²) >= 11 is 0. The molecular formula is C17H25NO3. The lowest BCUT2D eigenvalue weighted by Gasteiger charge is -2.23. The third kappa shape index (κ3) is 3.33. The zero-order chi connectivity index (χ0) is 14.8. The largest absolute Gasteiger partial charge is 0.494 e. The van der Waals surface area contributed by atoms with Crippen molar-refractivity contribution in [3.63, 3.8) is 0 Å². The molecule has 1 aromatic rings. The van der Waals surface area contributed by atoms with Crippen LogP contribution in [0.3, 0.4) is 0 Å². The molecule has 0 radical (unpaired) electrons. The second-order valence-electron chi connectivity index (χ2n) is 6.06. The van der Waals surface area contributed by atoms with Crippen LogP contribution >= 0.6 is 0 Å². The smallest absolute Gasteiger partial charge is 0.124 e. The van der Waals surface area contributed by atoms with Gasteiger partial charge >= 0.3 is 0 Å². The molecule has 1 unspecified atom stereocenters. The second-order valence-corrected chi connectivity index (χ2v) is 6.06. The van der Waals surface area contributed by atoms with Gasteiger partial charge in [0.15, 0.2) is 0 Å². The predicted octanol–water partition coefficient (Wildman–Crippen LogP) is 2.37. The Labute approximate surface area is 126 Å². The van der Waals surface area contributed by atoms with E-state index in [1.54, 1.807) is 0 Å². The fourth-order valence-electron chi connectivity index (χ4n) is 3.07. The van der Waals surface area contributed by atoms with Crippen LogP contribution in [0.4, 0.5) is 0 Å². The highest BCUT2D eigenvalue weighted by molar-refractivity contribution is 5.48. The van der Waals surface area contributed by atoms with Crippen LogP contribution in [0.5, 0.6) is 11.5 Å². The lowest BCUT2D eigenvalue weighted by molar-refractivity contribution is 0.181. The van der Waals surface area contributed by atoms with Gasteiger partial charge in [0, 0.05) is 36.7 Å². The molecule has 0 bridgehead atoms. The molecule has 4 heteroatoms. The van der Waals surface area contributed by atoms with Gasteiger partial charge in [0.05, 0.1) is 13.2 Å². The molecule has 4 nitrogen and oxygen atoms in total. The molecule has 1 saturated carbocycles. The highest BCUT2D eigenvalue weighted by Gasteiger charge is 2.30. The van der Waals surface area contributed by atoms with Crippen molar-refractivity contribution in [3.8, 4) is 11.5 Å². The van der Waals surface area contributed by atoms with Crippen LogP contribution in [-0.2, 0) is 13.0 Å². The van der Waals surface area contributed by atoms with Gasteiger partial charge in [0.25, 0.3) is 0 Å². The molecule has 0 aromatic heterocycles. The molecule has 1 fully saturated rings. The van der Waals surface area contributed by atoms with E-state index in [0.29, 0.717) is 12.6 Å². The predicted molar refractivity (Wildman–Crippen MR) is 81.9 cm³/mol. The van der Waals surface area contributed by atoms with Gasteiger partial charge < -0.3 is 14.6 Å². The van der Waals surface area contributed by atoms with Gasteiger partial charge in [-0.05, 0) is 38.8 Å². The molecule has 21 heavy (non-hydrogen) atoms. The summed E-state index contributed by atoms with van der Waals surface area (Å²) in [5.74, 6) is 1.97. The van der Waals surface area contributed by atoms with Crippen molar-refractivity contribution >= 4 is 0 Å². The zero-order valence-corrected chi connectivity index (χ0v) is 13.0. The number of nitrogens with zero attached hydrogens (tertiary/aromatic N) is 1. The first-order valence-electron chi connectivity index (χ1n) is 8.01. The summed E-state index contributed by atoms with van der Waals surface area (Å²) in [6.07, 6.45) is 3.69. The highest BCUT2D eigenvalue weighted by atomic mass is 16.5. The van der Waals surface area contributed by atoms with Crippen molar-refractivity contribution in [2.45, 2.75) is 51.8 Å². The number of hydrogen-bond donors (Lipinski definition) is 1. The molecule has 1 atom stereocenters. The van der Waals surface area contributed by atoms with Crippen LogP contribution in [0.25, 0.3) is 0 Å². The molecule has 2 aliphatic rings. The van der Waals surface area contributed by atoms with E-state index < -0.39 is 0 Å². The molecule has 0 saturated heterocycles. The molecule has 1 heterocycles. The molecule has 3 rings (SSSR count). The summed E-state index contributed by atoms with van der Waals surface area (Å²) in [7, 11) is 0. The summed E-state index contributed by atoms with van der Waals surface area (Å²) < 4.78 is 11.7. The average molecular weight is 291 g/mol. The van der Waals surface area contributed by atoms with Gasteiger partial charge in [-0.25, -0.2) is 0 Å². The minimum absolute atomic E-state index is 0.207. The van der Waals surface area contributed by atoms with Crippen molar-refractivity contribution in [2.24, 2.45) is 0 Å². The zero-order valence-electron chi connectivity index (χ0n) is 13.0. The lowest BCUT2D eigenvalue weighted by Crippen LogP contribution is -2.28. The number of rotatable bonds is 7. The number of aliphatic hydroxyl groups is 1. The van der Waals surface area contributed by atoms with E-state index in [1.807, 2.05) is 6.92 Å². The Morgan fingerprint density at radius 1 is 1.38 bits per heavy atom. The second kappa shape index (κ2) is 6.24. The Morgan fingerprint density at radius 2 is 2.19 bits per heavy atom. The van der Waals surface area contributed by atoms with Crippen LogP contribution < -0.4 is 9.47 Å². The minimum Gasteiger partial charge on any atom is -0.494 e. The molecule has 1 N–H and O–H groups in total. The Balaban J connectivity index is 1.83. The fourth-order valence-corrected chi connectivity index (χ4v) is 3.07. The third-order valence-electron chi connectivity index (χ3n) is 4.20. The van der Waals surface area contributed by atoms with Crippen LogP contribution in [0, 0.1) is 0 Å².